The number of imidazole rings is 2. The molecule has 0 N–H and O–H groups in total. The van der Waals surface area contributed by atoms with E-state index in [1.54, 1.807) is 47.7 Å². The molecule has 6 aromatic heterocycles. The lowest BCUT2D eigenvalue weighted by Crippen LogP contribution is -2.09. The van der Waals surface area contributed by atoms with E-state index in [4.69, 9.17) is 23.2 Å². The fraction of sp³-hybridized carbons (Fsp3) is 0.0455. The Morgan fingerprint density at radius 2 is 0.964 bits per heavy atom. The average Bonchev–Trinajstić information content (AvgIpc) is 4.07. The van der Waals surface area contributed by atoms with Gasteiger partial charge in [-0.15, -0.1) is 22.7 Å². The molecule has 10 aromatic rings. The Kier molecular flexibility index (Phi) is 8.36. The molecule has 56 heavy (non-hydrogen) atoms. The Labute approximate surface area is 337 Å². The maximum absolute atomic E-state index is 10.5. The van der Waals surface area contributed by atoms with Gasteiger partial charge < -0.3 is 0 Å². The zero-order chi connectivity index (χ0) is 37.9. The second-order valence-corrected chi connectivity index (χ2v) is 16.0. The third-order valence-corrected chi connectivity index (χ3v) is 12.6. The van der Waals surface area contributed by atoms with E-state index in [-0.39, 0.29) is 0 Å². The molecule has 10 rings (SSSR count). The molecule has 0 aliphatic carbocycles. The van der Waals surface area contributed by atoms with Crippen molar-refractivity contribution in [3.8, 4) is 44.4 Å². The lowest BCUT2D eigenvalue weighted by Gasteiger charge is -2.18. The molecule has 266 valence electrons. The summed E-state index contributed by atoms with van der Waals surface area (Å²) in [5.74, 6) is -1.41. The summed E-state index contributed by atoms with van der Waals surface area (Å²) < 4.78 is 4.04. The van der Waals surface area contributed by atoms with Crippen molar-refractivity contribution in [1.29, 1.82) is 10.5 Å². The van der Waals surface area contributed by atoms with E-state index in [0.29, 0.717) is 10.0 Å². The van der Waals surface area contributed by atoms with E-state index in [2.05, 4.69) is 56.3 Å². The highest BCUT2D eigenvalue weighted by atomic mass is 35.5. The van der Waals surface area contributed by atoms with E-state index in [9.17, 15) is 10.5 Å². The van der Waals surface area contributed by atoms with Crippen LogP contribution in [0, 0.1) is 22.7 Å². The standard InChI is InChI=1S/C44H24Cl2N8S2/c45-35-17-37-31(15-29(35)41-3-1-13-55-41)43-39(21-49-37)51-23-53(43)27-9-5-25(6-10-27)33(19-47)34(20-48)26-7-11-28(12-8-26)54-24-52-40-22-50-38-18-36(46)30(16-32(38)44(40)54)42-4-2-14-56-42/h1-18,21-24,33-34H. The topological polar surface area (TPSA) is 109 Å². The highest BCUT2D eigenvalue weighted by Crippen LogP contribution is 2.39. The zero-order valence-corrected chi connectivity index (χ0v) is 32.2. The number of nitriles is 2. The summed E-state index contributed by atoms with van der Waals surface area (Å²) in [6.07, 6.45) is 7.07. The number of halogens is 2. The van der Waals surface area contributed by atoms with Gasteiger partial charge in [0.15, 0.2) is 0 Å². The molecule has 0 saturated carbocycles. The van der Waals surface area contributed by atoms with Crippen molar-refractivity contribution >= 4 is 89.7 Å². The van der Waals surface area contributed by atoms with E-state index >= 15 is 0 Å². The number of fused-ring (bicyclic) bond motifs is 6. The zero-order valence-electron chi connectivity index (χ0n) is 29.0. The molecule has 0 bridgehead atoms. The SMILES string of the molecule is N#CC(c1ccc(-n2cnc3cnc4cc(Cl)c(-c5cccs5)cc4c32)cc1)C(C#N)c1ccc(-n2cnc3cnc4cc(Cl)c(-c5cccs5)cc4c32)cc1. The van der Waals surface area contributed by atoms with Crippen molar-refractivity contribution in [2.45, 2.75) is 11.8 Å². The predicted octanol–water partition coefficient (Wildman–Crippen LogP) is 12.1. The molecule has 2 atom stereocenters. The Bertz CT molecular complexity index is 2970. The van der Waals surface area contributed by atoms with Crippen molar-refractivity contribution in [3.63, 3.8) is 0 Å². The first-order valence-corrected chi connectivity index (χ1v) is 20.0. The van der Waals surface area contributed by atoms with Gasteiger partial charge in [0.1, 0.15) is 23.7 Å². The van der Waals surface area contributed by atoms with Crippen molar-refractivity contribution in [2.24, 2.45) is 0 Å². The van der Waals surface area contributed by atoms with Gasteiger partial charge in [-0.05, 0) is 82.6 Å². The van der Waals surface area contributed by atoms with Crippen LogP contribution in [0.3, 0.4) is 0 Å². The number of thiophene rings is 2. The third-order valence-electron chi connectivity index (χ3n) is 10.2. The Morgan fingerprint density at radius 3 is 1.34 bits per heavy atom. The van der Waals surface area contributed by atoms with Crippen molar-refractivity contribution in [3.05, 3.63) is 154 Å². The predicted molar refractivity (Wildman–Crippen MR) is 226 cm³/mol. The van der Waals surface area contributed by atoms with Crippen LogP contribution < -0.4 is 0 Å². The number of hydrogen-bond acceptors (Lipinski definition) is 8. The van der Waals surface area contributed by atoms with Crippen LogP contribution in [0.25, 0.3) is 76.1 Å². The summed E-state index contributed by atoms with van der Waals surface area (Å²) in [4.78, 5) is 20.7. The summed E-state index contributed by atoms with van der Waals surface area (Å²) in [5.41, 5.74) is 9.97. The lowest BCUT2D eigenvalue weighted by molar-refractivity contribution is 0.760. The van der Waals surface area contributed by atoms with E-state index in [1.165, 1.54) is 0 Å². The quantitative estimate of drug-likeness (QED) is 0.159. The number of benzene rings is 4. The van der Waals surface area contributed by atoms with E-state index < -0.39 is 11.8 Å². The van der Waals surface area contributed by atoms with Crippen LogP contribution in [-0.2, 0) is 0 Å². The second-order valence-electron chi connectivity index (χ2n) is 13.3. The van der Waals surface area contributed by atoms with Crippen LogP contribution in [0.5, 0.6) is 0 Å². The highest BCUT2D eigenvalue weighted by Gasteiger charge is 2.26. The molecule has 0 aliphatic rings. The first kappa shape index (κ1) is 34.1. The lowest BCUT2D eigenvalue weighted by atomic mass is 9.83. The monoisotopic (exact) mass is 798 g/mol. The summed E-state index contributed by atoms with van der Waals surface area (Å²) in [6.45, 7) is 0. The average molecular weight is 800 g/mol. The number of nitrogens with zero attached hydrogens (tertiary/aromatic N) is 8. The maximum Gasteiger partial charge on any atom is 0.108 e. The molecule has 0 amide bonds. The minimum Gasteiger partial charge on any atom is -0.298 e. The van der Waals surface area contributed by atoms with Gasteiger partial charge >= 0.3 is 0 Å². The van der Waals surface area contributed by atoms with Crippen molar-refractivity contribution < 1.29 is 0 Å². The fourth-order valence-electron chi connectivity index (χ4n) is 7.43. The van der Waals surface area contributed by atoms with Crippen LogP contribution in [0.1, 0.15) is 23.0 Å². The smallest absolute Gasteiger partial charge is 0.108 e. The summed E-state index contributed by atoms with van der Waals surface area (Å²) in [6, 6.07) is 36.4. The molecule has 8 nitrogen and oxygen atoms in total. The van der Waals surface area contributed by atoms with E-state index in [1.807, 2.05) is 92.7 Å². The molecule has 4 aromatic carbocycles. The second kappa shape index (κ2) is 13.7. The number of rotatable bonds is 7. The fourth-order valence-corrected chi connectivity index (χ4v) is 9.57. The normalized spacial score (nSPS) is 12.6. The van der Waals surface area contributed by atoms with Crippen molar-refractivity contribution in [2.75, 3.05) is 0 Å². The third kappa shape index (κ3) is 5.62. The first-order chi connectivity index (χ1) is 27.5. The molecule has 2 unspecified atom stereocenters. The summed E-state index contributed by atoms with van der Waals surface area (Å²) in [5, 5.41) is 28.1. The summed E-state index contributed by atoms with van der Waals surface area (Å²) >= 11 is 16.7. The van der Waals surface area contributed by atoms with Gasteiger partial charge in [0, 0.05) is 43.0 Å². The number of aromatic nitrogens is 6. The molecule has 0 radical (unpaired) electrons. The maximum atomic E-state index is 10.5. The molecule has 0 saturated heterocycles. The van der Waals surface area contributed by atoms with Crippen LogP contribution in [0.4, 0.5) is 0 Å². The van der Waals surface area contributed by atoms with Gasteiger partial charge in [-0.1, -0.05) is 59.6 Å². The minimum atomic E-state index is -0.704. The van der Waals surface area contributed by atoms with Crippen molar-refractivity contribution in [1.82, 2.24) is 29.1 Å². The number of hydrogen-bond donors (Lipinski definition) is 0. The Hall–Kier alpha value is -6.40. The molecular weight excluding hydrogens is 776 g/mol. The highest BCUT2D eigenvalue weighted by molar-refractivity contribution is 7.14. The minimum absolute atomic E-state index is 0.641. The van der Waals surface area contributed by atoms with Gasteiger partial charge in [0.25, 0.3) is 0 Å². The molecule has 0 fully saturated rings. The van der Waals surface area contributed by atoms with Crippen LogP contribution in [0.2, 0.25) is 10.0 Å². The van der Waals surface area contributed by atoms with Gasteiger partial charge in [-0.2, -0.15) is 10.5 Å². The summed E-state index contributed by atoms with van der Waals surface area (Å²) in [7, 11) is 0. The Balaban J connectivity index is 0.971. The molecule has 0 aliphatic heterocycles. The van der Waals surface area contributed by atoms with Crippen LogP contribution in [-0.4, -0.2) is 29.1 Å². The van der Waals surface area contributed by atoms with Gasteiger partial charge in [-0.3, -0.25) is 19.1 Å². The molecule has 0 spiro atoms. The van der Waals surface area contributed by atoms with Gasteiger partial charge in [0.2, 0.25) is 0 Å². The van der Waals surface area contributed by atoms with Gasteiger partial charge in [-0.25, -0.2) is 9.97 Å². The largest absolute Gasteiger partial charge is 0.298 e. The van der Waals surface area contributed by atoms with E-state index in [0.717, 1.165) is 87.3 Å². The molecular formula is C44H24Cl2N8S2. The first-order valence-electron chi connectivity index (χ1n) is 17.5. The van der Waals surface area contributed by atoms with Crippen LogP contribution >= 0.6 is 45.9 Å². The molecule has 12 heteroatoms. The van der Waals surface area contributed by atoms with Gasteiger partial charge in [0.05, 0.1) is 68.5 Å². The van der Waals surface area contributed by atoms with Crippen LogP contribution in [0.15, 0.2) is 133 Å². The molecule has 6 heterocycles. The number of pyridine rings is 2. The Morgan fingerprint density at radius 1 is 0.536 bits per heavy atom.